The van der Waals surface area contributed by atoms with Crippen LogP contribution in [0.3, 0.4) is 0 Å². The molecule has 1 heterocycles. The lowest BCUT2D eigenvalue weighted by Gasteiger charge is -2.33. The highest BCUT2D eigenvalue weighted by atomic mass is 31.2. The van der Waals surface area contributed by atoms with Crippen molar-refractivity contribution in [3.63, 3.8) is 0 Å². The maximum Gasteiger partial charge on any atom is 0.376 e. The molecule has 0 aromatic carbocycles. The topological polar surface area (TPSA) is 38.8 Å². The van der Waals surface area contributed by atoms with E-state index in [-0.39, 0.29) is 0 Å². The Morgan fingerprint density at radius 3 is 2.13 bits per heavy atom. The van der Waals surface area contributed by atoms with Gasteiger partial charge in [-0.3, -0.25) is 4.57 Å². The monoisotopic (exact) mass is 233 g/mol. The molecule has 0 aromatic heterocycles. The molecule has 0 aromatic rings. The van der Waals surface area contributed by atoms with Gasteiger partial charge in [0.2, 0.25) is 0 Å². The van der Waals surface area contributed by atoms with Crippen molar-refractivity contribution >= 4 is 7.60 Å². The molecule has 5 heteroatoms. The normalized spacial score (nSPS) is 19.4. The highest BCUT2D eigenvalue weighted by molar-refractivity contribution is 7.58. The van der Waals surface area contributed by atoms with Crippen LogP contribution in [0.1, 0.15) is 26.2 Å². The van der Waals surface area contributed by atoms with E-state index in [9.17, 15) is 4.57 Å². The number of nitrogens with zero attached hydrogens (tertiary/aromatic N) is 1. The van der Waals surface area contributed by atoms with E-state index >= 15 is 0 Å². The minimum atomic E-state index is -3.07. The Kier molecular flexibility index (Phi) is 4.84. The molecular weight excluding hydrogens is 213 g/mol. The quantitative estimate of drug-likeness (QED) is 0.700. The summed E-state index contributed by atoms with van der Waals surface area (Å²) in [7, 11) is -0.216. The highest BCUT2D eigenvalue weighted by Crippen LogP contribution is 2.56. The van der Waals surface area contributed by atoms with E-state index in [2.05, 4.69) is 4.90 Å². The van der Waals surface area contributed by atoms with E-state index in [1.165, 1.54) is 20.6 Å². The fraction of sp³-hybridized carbons (Fsp3) is 0.800. The summed E-state index contributed by atoms with van der Waals surface area (Å²) >= 11 is 0. The summed E-state index contributed by atoms with van der Waals surface area (Å²) in [6.07, 6.45) is 5.37. The zero-order valence-electron chi connectivity index (χ0n) is 9.73. The minimum absolute atomic E-state index is 0.701. The minimum Gasteiger partial charge on any atom is -0.365 e. The Bertz CT molecular complexity index is 264. The van der Waals surface area contributed by atoms with Crippen LogP contribution in [0.15, 0.2) is 11.5 Å². The predicted molar refractivity (Wildman–Crippen MR) is 60.8 cm³/mol. The fourth-order valence-electron chi connectivity index (χ4n) is 1.90. The Hall–Kier alpha value is -0.310. The molecule has 4 nitrogen and oxygen atoms in total. The van der Waals surface area contributed by atoms with Crippen LogP contribution in [-0.2, 0) is 13.6 Å². The molecule has 0 saturated carbocycles. The molecule has 15 heavy (non-hydrogen) atoms. The molecule has 0 radical (unpaired) electrons. The SMILES string of the molecule is C/C=C(\N1CCCCC1)P(=O)(OC)OC. The molecule has 0 spiro atoms. The molecule has 0 N–H and O–H groups in total. The maximum absolute atomic E-state index is 12.2. The Morgan fingerprint density at radius 1 is 1.20 bits per heavy atom. The standard InChI is InChI=1S/C10H20NO3P/c1-4-10(15(12,13-2)14-3)11-8-6-5-7-9-11/h4H,5-9H2,1-3H3/b10-4+. The second-order valence-electron chi connectivity index (χ2n) is 3.56. The zero-order chi connectivity index (χ0) is 11.3. The third kappa shape index (κ3) is 2.83. The second kappa shape index (κ2) is 5.69. The molecule has 1 aliphatic heterocycles. The van der Waals surface area contributed by atoms with Crippen molar-refractivity contribution in [1.82, 2.24) is 4.90 Å². The van der Waals surface area contributed by atoms with Crippen LogP contribution in [-0.4, -0.2) is 32.2 Å². The molecule has 1 rings (SSSR count). The van der Waals surface area contributed by atoms with Crippen LogP contribution >= 0.6 is 7.60 Å². The maximum atomic E-state index is 12.2. The molecule has 1 saturated heterocycles. The van der Waals surface area contributed by atoms with E-state index in [1.807, 2.05) is 13.0 Å². The van der Waals surface area contributed by atoms with Gasteiger partial charge in [-0.05, 0) is 26.2 Å². The summed E-state index contributed by atoms with van der Waals surface area (Å²) < 4.78 is 22.3. The highest BCUT2D eigenvalue weighted by Gasteiger charge is 2.31. The van der Waals surface area contributed by atoms with Gasteiger partial charge in [0.15, 0.2) is 0 Å². The lowest BCUT2D eigenvalue weighted by Crippen LogP contribution is -2.29. The van der Waals surface area contributed by atoms with Gasteiger partial charge in [-0.25, -0.2) is 0 Å². The van der Waals surface area contributed by atoms with Crippen molar-refractivity contribution < 1.29 is 13.6 Å². The summed E-state index contributed by atoms with van der Waals surface area (Å²) in [6, 6.07) is 0. The van der Waals surface area contributed by atoms with Crippen LogP contribution in [0, 0.1) is 0 Å². The number of hydrogen-bond donors (Lipinski definition) is 0. The van der Waals surface area contributed by atoms with Crippen molar-refractivity contribution in [2.75, 3.05) is 27.3 Å². The summed E-state index contributed by atoms with van der Waals surface area (Å²) in [5, 5.41) is 0. The molecule has 0 atom stereocenters. The molecule has 88 valence electrons. The zero-order valence-corrected chi connectivity index (χ0v) is 10.6. The van der Waals surface area contributed by atoms with Crippen molar-refractivity contribution in [3.8, 4) is 0 Å². The van der Waals surface area contributed by atoms with E-state index in [4.69, 9.17) is 9.05 Å². The number of hydrogen-bond acceptors (Lipinski definition) is 4. The Labute approximate surface area is 91.8 Å². The second-order valence-corrected chi connectivity index (χ2v) is 5.74. The van der Waals surface area contributed by atoms with E-state index < -0.39 is 7.60 Å². The van der Waals surface area contributed by atoms with Crippen LogP contribution < -0.4 is 0 Å². The Morgan fingerprint density at radius 2 is 1.73 bits per heavy atom. The van der Waals surface area contributed by atoms with Gasteiger partial charge < -0.3 is 13.9 Å². The van der Waals surface area contributed by atoms with Crippen molar-refractivity contribution in [2.24, 2.45) is 0 Å². The molecule has 0 unspecified atom stereocenters. The molecule has 1 fully saturated rings. The van der Waals surface area contributed by atoms with Crippen LogP contribution in [0.2, 0.25) is 0 Å². The molecule has 0 aliphatic carbocycles. The first-order valence-corrected chi connectivity index (χ1v) is 6.85. The average molecular weight is 233 g/mol. The van der Waals surface area contributed by atoms with Crippen LogP contribution in [0.4, 0.5) is 0 Å². The molecule has 0 amide bonds. The first kappa shape index (κ1) is 12.8. The van der Waals surface area contributed by atoms with Gasteiger partial charge in [0.1, 0.15) is 5.44 Å². The molecular formula is C10H20NO3P. The number of piperidine rings is 1. The fourth-order valence-corrected chi connectivity index (χ4v) is 3.28. The van der Waals surface area contributed by atoms with Crippen LogP contribution in [0.5, 0.6) is 0 Å². The third-order valence-corrected chi connectivity index (χ3v) is 4.76. The van der Waals surface area contributed by atoms with Gasteiger partial charge in [0.05, 0.1) is 0 Å². The lowest BCUT2D eigenvalue weighted by atomic mass is 10.1. The van der Waals surface area contributed by atoms with E-state index in [0.29, 0.717) is 5.44 Å². The average Bonchev–Trinajstić information content (AvgIpc) is 2.31. The smallest absolute Gasteiger partial charge is 0.365 e. The summed E-state index contributed by atoms with van der Waals surface area (Å²) in [5.74, 6) is 0. The number of likely N-dealkylation sites (tertiary alicyclic amines) is 1. The van der Waals surface area contributed by atoms with Gasteiger partial charge in [-0.15, -0.1) is 0 Å². The third-order valence-electron chi connectivity index (χ3n) is 2.70. The summed E-state index contributed by atoms with van der Waals surface area (Å²) in [6.45, 7) is 3.75. The van der Waals surface area contributed by atoms with Gasteiger partial charge in [0, 0.05) is 27.3 Å². The largest absolute Gasteiger partial charge is 0.376 e. The first-order chi connectivity index (χ1) is 7.18. The van der Waals surface area contributed by atoms with Crippen molar-refractivity contribution in [3.05, 3.63) is 11.5 Å². The predicted octanol–water partition coefficient (Wildman–Crippen LogP) is 2.82. The van der Waals surface area contributed by atoms with Crippen molar-refractivity contribution in [1.29, 1.82) is 0 Å². The van der Waals surface area contributed by atoms with Gasteiger partial charge in [0.25, 0.3) is 0 Å². The van der Waals surface area contributed by atoms with Gasteiger partial charge >= 0.3 is 7.60 Å². The number of allylic oxidation sites excluding steroid dienone is 1. The van der Waals surface area contributed by atoms with Crippen molar-refractivity contribution in [2.45, 2.75) is 26.2 Å². The molecule has 1 aliphatic rings. The first-order valence-electron chi connectivity index (χ1n) is 5.31. The van der Waals surface area contributed by atoms with Gasteiger partial charge in [-0.1, -0.05) is 6.08 Å². The van der Waals surface area contributed by atoms with Gasteiger partial charge in [-0.2, -0.15) is 0 Å². The van der Waals surface area contributed by atoms with E-state index in [1.54, 1.807) is 0 Å². The van der Waals surface area contributed by atoms with E-state index in [0.717, 1.165) is 25.9 Å². The number of rotatable bonds is 4. The summed E-state index contributed by atoms with van der Waals surface area (Å²) in [4.78, 5) is 2.11. The Balaban J connectivity index is 2.82. The molecule has 0 bridgehead atoms. The lowest BCUT2D eigenvalue weighted by molar-refractivity contribution is 0.245. The summed E-state index contributed by atoms with van der Waals surface area (Å²) in [5.41, 5.74) is 0.701. The van der Waals surface area contributed by atoms with Crippen LogP contribution in [0.25, 0.3) is 0 Å².